The van der Waals surface area contributed by atoms with Crippen LogP contribution in [0.2, 0.25) is 0 Å². The number of rotatable bonds is 7. The highest BCUT2D eigenvalue weighted by Crippen LogP contribution is 2.29. The highest BCUT2D eigenvalue weighted by atomic mass is 16.5. The molecule has 20 heavy (non-hydrogen) atoms. The van der Waals surface area contributed by atoms with Crippen LogP contribution in [-0.4, -0.2) is 43.3 Å². The van der Waals surface area contributed by atoms with E-state index >= 15 is 0 Å². The third-order valence-electron chi connectivity index (χ3n) is 3.71. The summed E-state index contributed by atoms with van der Waals surface area (Å²) < 4.78 is 5.57. The minimum Gasteiger partial charge on any atom is -0.494 e. The Labute approximate surface area is 122 Å². The number of benzene rings is 1. The molecule has 0 bridgehead atoms. The fourth-order valence-electron chi connectivity index (χ4n) is 2.24. The van der Waals surface area contributed by atoms with Crippen molar-refractivity contribution in [3.8, 4) is 5.75 Å². The highest BCUT2D eigenvalue weighted by molar-refractivity contribution is 5.44. The quantitative estimate of drug-likeness (QED) is 0.802. The third-order valence-corrected chi connectivity index (χ3v) is 3.71. The molecule has 4 heteroatoms. The van der Waals surface area contributed by atoms with E-state index in [-0.39, 0.29) is 6.04 Å². The van der Waals surface area contributed by atoms with Gasteiger partial charge in [-0.1, -0.05) is 6.07 Å². The van der Waals surface area contributed by atoms with Gasteiger partial charge in [0, 0.05) is 6.04 Å². The van der Waals surface area contributed by atoms with Crippen molar-refractivity contribution in [2.75, 3.05) is 27.2 Å². The average molecular weight is 280 g/mol. The van der Waals surface area contributed by atoms with Crippen molar-refractivity contribution in [2.24, 2.45) is 5.73 Å². The largest absolute Gasteiger partial charge is 0.494 e. The summed E-state index contributed by atoms with van der Waals surface area (Å²) in [6.45, 7) is 7.50. The lowest BCUT2D eigenvalue weighted by atomic mass is 9.93. The Kier molecular flexibility index (Phi) is 6.46. The molecule has 2 unspecified atom stereocenters. The molecule has 0 saturated heterocycles. The van der Waals surface area contributed by atoms with Crippen molar-refractivity contribution < 1.29 is 9.84 Å². The molecule has 1 aromatic rings. The summed E-state index contributed by atoms with van der Waals surface area (Å²) in [5.41, 5.74) is 9.14. The molecule has 0 aliphatic heterocycles. The second kappa shape index (κ2) is 7.62. The lowest BCUT2D eigenvalue weighted by Crippen LogP contribution is -2.32. The summed E-state index contributed by atoms with van der Waals surface area (Å²) in [6.07, 6.45) is 0.129. The van der Waals surface area contributed by atoms with Crippen LogP contribution in [0.4, 0.5) is 0 Å². The van der Waals surface area contributed by atoms with Gasteiger partial charge in [-0.2, -0.15) is 0 Å². The Morgan fingerprint density at radius 2 is 1.90 bits per heavy atom. The molecule has 0 saturated carbocycles. The molecule has 114 valence electrons. The Morgan fingerprint density at radius 1 is 1.25 bits per heavy atom. The first kappa shape index (κ1) is 17.0. The lowest BCUT2D eigenvalue weighted by molar-refractivity contribution is 0.137. The molecule has 1 aromatic carbocycles. The minimum absolute atomic E-state index is 0.256. The molecular weight excluding hydrogens is 252 g/mol. The Hall–Kier alpha value is -1.10. The van der Waals surface area contributed by atoms with E-state index < -0.39 is 6.10 Å². The van der Waals surface area contributed by atoms with Crippen molar-refractivity contribution in [3.63, 3.8) is 0 Å². The van der Waals surface area contributed by atoms with Crippen molar-refractivity contribution in [1.82, 2.24) is 4.90 Å². The summed E-state index contributed by atoms with van der Waals surface area (Å²) in [5, 5.41) is 10.4. The molecule has 0 aliphatic rings. The van der Waals surface area contributed by atoms with Crippen LogP contribution >= 0.6 is 0 Å². The van der Waals surface area contributed by atoms with Gasteiger partial charge in [0.25, 0.3) is 0 Å². The van der Waals surface area contributed by atoms with Gasteiger partial charge < -0.3 is 20.5 Å². The van der Waals surface area contributed by atoms with Gasteiger partial charge in [-0.15, -0.1) is 0 Å². The molecule has 0 amide bonds. The summed E-state index contributed by atoms with van der Waals surface area (Å²) >= 11 is 0. The lowest BCUT2D eigenvalue weighted by Gasteiger charge is -2.23. The highest BCUT2D eigenvalue weighted by Gasteiger charge is 2.20. The fraction of sp³-hybridized carbons (Fsp3) is 0.625. The normalized spacial score (nSPS) is 14.4. The van der Waals surface area contributed by atoms with E-state index in [4.69, 9.17) is 10.5 Å². The average Bonchev–Trinajstić information content (AvgIpc) is 2.41. The van der Waals surface area contributed by atoms with Crippen LogP contribution in [-0.2, 0) is 0 Å². The molecule has 0 heterocycles. The van der Waals surface area contributed by atoms with Gasteiger partial charge in [0.2, 0.25) is 0 Å². The van der Waals surface area contributed by atoms with Crippen LogP contribution in [0.1, 0.15) is 36.1 Å². The molecule has 3 N–H and O–H groups in total. The van der Waals surface area contributed by atoms with Gasteiger partial charge in [0.1, 0.15) is 5.75 Å². The number of hydrogen-bond acceptors (Lipinski definition) is 4. The van der Waals surface area contributed by atoms with Gasteiger partial charge >= 0.3 is 0 Å². The maximum absolute atomic E-state index is 10.4. The number of nitrogens with zero attached hydrogens (tertiary/aromatic N) is 1. The first-order valence-corrected chi connectivity index (χ1v) is 7.19. The second-order valence-electron chi connectivity index (χ2n) is 5.54. The second-order valence-corrected chi connectivity index (χ2v) is 5.54. The molecule has 0 spiro atoms. The number of aliphatic hydroxyl groups is 1. The van der Waals surface area contributed by atoms with Crippen LogP contribution in [0.3, 0.4) is 0 Å². The summed E-state index contributed by atoms with van der Waals surface area (Å²) in [5.74, 6) is 0.878. The Balaban J connectivity index is 2.87. The van der Waals surface area contributed by atoms with Crippen LogP contribution in [0.5, 0.6) is 5.75 Å². The molecule has 0 fully saturated rings. The Morgan fingerprint density at radius 3 is 2.45 bits per heavy atom. The van der Waals surface area contributed by atoms with Crippen molar-refractivity contribution in [3.05, 3.63) is 28.8 Å². The van der Waals surface area contributed by atoms with Gasteiger partial charge in [-0.25, -0.2) is 0 Å². The summed E-state index contributed by atoms with van der Waals surface area (Å²) in [7, 11) is 4.01. The topological polar surface area (TPSA) is 58.7 Å². The van der Waals surface area contributed by atoms with Crippen LogP contribution in [0, 0.1) is 13.8 Å². The summed E-state index contributed by atoms with van der Waals surface area (Å²) in [4.78, 5) is 2.07. The maximum atomic E-state index is 10.4. The number of nitrogens with two attached hydrogens (primary N) is 1. The summed E-state index contributed by atoms with van der Waals surface area (Å²) in [6, 6.07) is 3.59. The number of hydrogen-bond donors (Lipinski definition) is 2. The van der Waals surface area contributed by atoms with E-state index in [1.54, 1.807) is 0 Å². The van der Waals surface area contributed by atoms with E-state index in [1.165, 1.54) is 0 Å². The van der Waals surface area contributed by atoms with Gasteiger partial charge in [-0.05, 0) is 70.6 Å². The van der Waals surface area contributed by atoms with E-state index in [0.29, 0.717) is 6.61 Å². The predicted molar refractivity (Wildman–Crippen MR) is 83.2 cm³/mol. The third kappa shape index (κ3) is 4.20. The van der Waals surface area contributed by atoms with E-state index in [2.05, 4.69) is 4.90 Å². The zero-order chi connectivity index (χ0) is 15.3. The van der Waals surface area contributed by atoms with Crippen molar-refractivity contribution in [2.45, 2.75) is 39.3 Å². The first-order valence-electron chi connectivity index (χ1n) is 7.19. The molecule has 1 rings (SSSR count). The smallest absolute Gasteiger partial charge is 0.122 e. The van der Waals surface area contributed by atoms with Gasteiger partial charge in [0.05, 0.1) is 12.7 Å². The van der Waals surface area contributed by atoms with Gasteiger partial charge in [-0.3, -0.25) is 0 Å². The number of aliphatic hydroxyl groups excluding tert-OH is 1. The minimum atomic E-state index is -0.635. The van der Waals surface area contributed by atoms with E-state index in [1.807, 2.05) is 47.0 Å². The van der Waals surface area contributed by atoms with Gasteiger partial charge in [0.15, 0.2) is 0 Å². The van der Waals surface area contributed by atoms with E-state index in [0.717, 1.165) is 35.4 Å². The monoisotopic (exact) mass is 280 g/mol. The standard InChI is InChI=1S/C16H28N2O2/c1-6-20-15-8-7-13(11(2)12(15)3)16(19)14(17)9-10-18(4)5/h7-8,14,16,19H,6,9-10,17H2,1-5H3. The van der Waals surface area contributed by atoms with Crippen LogP contribution in [0.25, 0.3) is 0 Å². The molecule has 0 aliphatic carbocycles. The van der Waals surface area contributed by atoms with Crippen molar-refractivity contribution in [1.29, 1.82) is 0 Å². The zero-order valence-corrected chi connectivity index (χ0v) is 13.3. The Bertz CT molecular complexity index is 433. The van der Waals surface area contributed by atoms with Crippen molar-refractivity contribution >= 4 is 0 Å². The fourth-order valence-corrected chi connectivity index (χ4v) is 2.24. The predicted octanol–water partition coefficient (Wildman–Crippen LogP) is 2.01. The van der Waals surface area contributed by atoms with Crippen LogP contribution in [0.15, 0.2) is 12.1 Å². The first-order chi connectivity index (χ1) is 9.38. The molecule has 0 aromatic heterocycles. The molecule has 4 nitrogen and oxygen atoms in total. The van der Waals surface area contributed by atoms with E-state index in [9.17, 15) is 5.11 Å². The van der Waals surface area contributed by atoms with Crippen LogP contribution < -0.4 is 10.5 Å². The SMILES string of the molecule is CCOc1ccc(C(O)C(N)CCN(C)C)c(C)c1C. The molecule has 2 atom stereocenters. The molecule has 0 radical (unpaired) electrons. The zero-order valence-electron chi connectivity index (χ0n) is 13.3. The maximum Gasteiger partial charge on any atom is 0.122 e. The molecular formula is C16H28N2O2. The number of ether oxygens (including phenoxy) is 1.